The molecule has 0 saturated carbocycles. The summed E-state index contributed by atoms with van der Waals surface area (Å²) in [4.78, 5) is 37.9. The first-order valence-corrected chi connectivity index (χ1v) is 10.8. The summed E-state index contributed by atoms with van der Waals surface area (Å²) in [5.41, 5.74) is 2.24. The predicted octanol–water partition coefficient (Wildman–Crippen LogP) is 3.04. The van der Waals surface area contributed by atoms with E-state index in [2.05, 4.69) is 15.7 Å². The van der Waals surface area contributed by atoms with Crippen LogP contribution < -0.4 is 21.1 Å². The van der Waals surface area contributed by atoms with Crippen LogP contribution in [0.2, 0.25) is 5.02 Å². The molecular weight excluding hydrogens is 458 g/mol. The Bertz CT molecular complexity index is 1430. The first-order chi connectivity index (χ1) is 16.4. The Labute approximate surface area is 199 Å². The third-order valence-corrected chi connectivity index (χ3v) is 5.59. The summed E-state index contributed by atoms with van der Waals surface area (Å²) in [6.07, 6.45) is 1.41. The molecule has 174 valence electrons. The van der Waals surface area contributed by atoms with Gasteiger partial charge in [0.1, 0.15) is 12.3 Å². The van der Waals surface area contributed by atoms with Gasteiger partial charge in [-0.1, -0.05) is 41.9 Å². The second-order valence-corrected chi connectivity index (χ2v) is 8.01. The number of nitrogens with one attached hydrogen (secondary N) is 2. The quantitative estimate of drug-likeness (QED) is 0.423. The van der Waals surface area contributed by atoms with Gasteiger partial charge in [-0.25, -0.2) is 13.9 Å². The average Bonchev–Trinajstić information content (AvgIpc) is 3.14. The van der Waals surface area contributed by atoms with E-state index >= 15 is 0 Å². The van der Waals surface area contributed by atoms with Gasteiger partial charge in [0, 0.05) is 23.8 Å². The molecule has 10 heteroatoms. The Morgan fingerprint density at radius 2 is 1.88 bits per heavy atom. The maximum Gasteiger partial charge on any atom is 0.350 e. The zero-order valence-electron chi connectivity index (χ0n) is 18.5. The molecule has 0 aliphatic heterocycles. The lowest BCUT2D eigenvalue weighted by Gasteiger charge is -2.12. The van der Waals surface area contributed by atoms with Crippen LogP contribution in [-0.2, 0) is 17.9 Å². The van der Waals surface area contributed by atoms with E-state index in [-0.39, 0.29) is 12.5 Å². The molecule has 2 aromatic heterocycles. The number of halogens is 1. The number of anilines is 1. The fourth-order valence-electron chi connectivity index (χ4n) is 3.39. The maximum atomic E-state index is 12.8. The summed E-state index contributed by atoms with van der Waals surface area (Å²) in [7, 11) is 1.47. The molecule has 2 aromatic carbocycles. The van der Waals surface area contributed by atoms with Gasteiger partial charge in [0.2, 0.25) is 5.91 Å². The van der Waals surface area contributed by atoms with E-state index in [4.69, 9.17) is 16.3 Å². The molecule has 0 saturated heterocycles. The Morgan fingerprint density at radius 1 is 1.12 bits per heavy atom. The molecule has 34 heavy (non-hydrogen) atoms. The Hall–Kier alpha value is -4.11. The van der Waals surface area contributed by atoms with Crippen molar-refractivity contribution in [3.63, 3.8) is 0 Å². The molecule has 0 atom stereocenters. The number of rotatable bonds is 7. The molecular formula is C24H22ClN5O4. The van der Waals surface area contributed by atoms with Crippen molar-refractivity contribution in [1.82, 2.24) is 19.5 Å². The number of pyridine rings is 1. The second kappa shape index (κ2) is 9.80. The standard InChI is InChI=1S/C24H22ClN5O4/c1-15-10-19(20(34-2)11-18(15)25)27-22(31)14-30-24(33)29-13-17(8-9-21(29)28-30)23(32)26-12-16-6-4-3-5-7-16/h3-11,13H,12,14H2,1-2H3,(H,26,32)(H,27,31). The summed E-state index contributed by atoms with van der Waals surface area (Å²) >= 11 is 6.10. The van der Waals surface area contributed by atoms with Crippen molar-refractivity contribution in [2.45, 2.75) is 20.0 Å². The highest BCUT2D eigenvalue weighted by molar-refractivity contribution is 6.31. The van der Waals surface area contributed by atoms with Crippen LogP contribution in [0.25, 0.3) is 5.65 Å². The predicted molar refractivity (Wildman–Crippen MR) is 128 cm³/mol. The van der Waals surface area contributed by atoms with Crippen LogP contribution in [0.15, 0.2) is 65.6 Å². The van der Waals surface area contributed by atoms with Gasteiger partial charge in [-0.15, -0.1) is 5.10 Å². The molecule has 4 rings (SSSR count). The summed E-state index contributed by atoms with van der Waals surface area (Å²) in [6, 6.07) is 15.9. The third-order valence-electron chi connectivity index (χ3n) is 5.18. The van der Waals surface area contributed by atoms with Crippen molar-refractivity contribution < 1.29 is 14.3 Å². The number of amides is 2. The molecule has 2 heterocycles. The molecule has 2 N–H and O–H groups in total. The van der Waals surface area contributed by atoms with Gasteiger partial charge in [0.25, 0.3) is 5.91 Å². The smallest absolute Gasteiger partial charge is 0.350 e. The third kappa shape index (κ3) is 4.94. The highest BCUT2D eigenvalue weighted by atomic mass is 35.5. The van der Waals surface area contributed by atoms with Crippen molar-refractivity contribution in [1.29, 1.82) is 0 Å². The van der Waals surface area contributed by atoms with Crippen LogP contribution >= 0.6 is 11.6 Å². The lowest BCUT2D eigenvalue weighted by Crippen LogP contribution is -2.29. The lowest BCUT2D eigenvalue weighted by molar-refractivity contribution is -0.117. The fourth-order valence-corrected chi connectivity index (χ4v) is 3.55. The number of ether oxygens (including phenoxy) is 1. The van der Waals surface area contributed by atoms with Crippen molar-refractivity contribution in [2.75, 3.05) is 12.4 Å². The number of aryl methyl sites for hydroxylation is 1. The zero-order valence-corrected chi connectivity index (χ0v) is 19.3. The van der Waals surface area contributed by atoms with Crippen molar-refractivity contribution in [3.05, 3.63) is 93.0 Å². The van der Waals surface area contributed by atoms with Crippen LogP contribution in [0.3, 0.4) is 0 Å². The van der Waals surface area contributed by atoms with E-state index < -0.39 is 11.6 Å². The van der Waals surface area contributed by atoms with Gasteiger partial charge in [0.05, 0.1) is 18.4 Å². The molecule has 0 spiro atoms. The van der Waals surface area contributed by atoms with Gasteiger partial charge in [-0.2, -0.15) is 0 Å². The molecule has 0 bridgehead atoms. The summed E-state index contributed by atoms with van der Waals surface area (Å²) in [6.45, 7) is 1.85. The number of benzene rings is 2. The van der Waals surface area contributed by atoms with Crippen molar-refractivity contribution in [2.24, 2.45) is 0 Å². The molecule has 2 amide bonds. The number of hydrogen-bond donors (Lipinski definition) is 2. The Balaban J connectivity index is 1.49. The van der Waals surface area contributed by atoms with Crippen LogP contribution in [0.5, 0.6) is 5.75 Å². The minimum atomic E-state index is -0.540. The Morgan fingerprint density at radius 3 is 2.62 bits per heavy atom. The number of fused-ring (bicyclic) bond motifs is 1. The van der Waals surface area contributed by atoms with E-state index in [1.54, 1.807) is 31.2 Å². The molecule has 0 aliphatic rings. The number of hydrogen-bond acceptors (Lipinski definition) is 5. The SMILES string of the molecule is COc1cc(Cl)c(C)cc1NC(=O)Cn1nc2ccc(C(=O)NCc3ccccc3)cn2c1=O. The first kappa shape index (κ1) is 23.1. The van der Waals surface area contributed by atoms with Crippen LogP contribution in [-0.4, -0.2) is 33.1 Å². The van der Waals surface area contributed by atoms with Crippen LogP contribution in [0.4, 0.5) is 5.69 Å². The molecule has 0 aliphatic carbocycles. The molecule has 0 fully saturated rings. The highest BCUT2D eigenvalue weighted by Crippen LogP contribution is 2.30. The summed E-state index contributed by atoms with van der Waals surface area (Å²) in [5.74, 6) is -0.392. The number of carbonyl (C=O) groups excluding carboxylic acids is 2. The second-order valence-electron chi connectivity index (χ2n) is 7.60. The van der Waals surface area contributed by atoms with E-state index in [9.17, 15) is 14.4 Å². The minimum Gasteiger partial charge on any atom is -0.495 e. The molecule has 9 nitrogen and oxygen atoms in total. The molecule has 4 aromatic rings. The van der Waals surface area contributed by atoms with E-state index in [0.717, 1.165) is 15.8 Å². The topological polar surface area (TPSA) is 107 Å². The summed E-state index contributed by atoms with van der Waals surface area (Å²) < 4.78 is 7.53. The number of carbonyl (C=O) groups is 2. The Kier molecular flexibility index (Phi) is 6.65. The normalized spacial score (nSPS) is 10.8. The van der Waals surface area contributed by atoms with Crippen molar-refractivity contribution in [3.8, 4) is 5.75 Å². The molecule has 0 unspecified atom stereocenters. The minimum absolute atomic E-state index is 0.302. The lowest BCUT2D eigenvalue weighted by atomic mass is 10.2. The van der Waals surface area contributed by atoms with Gasteiger partial charge in [0.15, 0.2) is 5.65 Å². The fraction of sp³-hybridized carbons (Fsp3) is 0.167. The number of methoxy groups -OCH3 is 1. The van der Waals surface area contributed by atoms with Gasteiger partial charge < -0.3 is 15.4 Å². The van der Waals surface area contributed by atoms with Crippen molar-refractivity contribution >= 4 is 34.7 Å². The summed E-state index contributed by atoms with van der Waals surface area (Å²) in [5, 5.41) is 10.2. The van der Waals surface area contributed by atoms with Gasteiger partial charge in [-0.05, 0) is 36.2 Å². The maximum absolute atomic E-state index is 12.8. The first-order valence-electron chi connectivity index (χ1n) is 10.4. The highest BCUT2D eigenvalue weighted by Gasteiger charge is 2.15. The average molecular weight is 480 g/mol. The monoisotopic (exact) mass is 479 g/mol. The van der Waals surface area contributed by atoms with E-state index in [1.165, 1.54) is 17.7 Å². The van der Waals surface area contributed by atoms with E-state index in [0.29, 0.717) is 34.2 Å². The van der Waals surface area contributed by atoms with Gasteiger partial charge in [-0.3, -0.25) is 9.59 Å². The largest absolute Gasteiger partial charge is 0.495 e. The van der Waals surface area contributed by atoms with E-state index in [1.807, 2.05) is 30.3 Å². The zero-order chi connectivity index (χ0) is 24.2. The van der Waals surface area contributed by atoms with Gasteiger partial charge >= 0.3 is 5.69 Å². The van der Waals surface area contributed by atoms with Crippen LogP contribution in [0.1, 0.15) is 21.5 Å². The number of aromatic nitrogens is 3. The number of nitrogens with zero attached hydrogens (tertiary/aromatic N) is 3. The van der Waals surface area contributed by atoms with Crippen LogP contribution in [0, 0.1) is 6.92 Å². The molecule has 0 radical (unpaired) electrons.